The standard InChI is InChI=1S/C19H20FNO2/c1-3-13-4-5-14(10-17(13)20)15-6-7-16-12-19(22)21(8-9-23-2)18(16)11-15/h4-7,10-11H,3,8-9,12H2,1-2H3. The Labute approximate surface area is 135 Å². The molecule has 3 nitrogen and oxygen atoms in total. The number of nitrogens with zero attached hydrogens (tertiary/aromatic N) is 1. The van der Waals surface area contributed by atoms with E-state index in [9.17, 15) is 9.18 Å². The summed E-state index contributed by atoms with van der Waals surface area (Å²) in [6.07, 6.45) is 1.10. The first kappa shape index (κ1) is 15.7. The lowest BCUT2D eigenvalue weighted by Crippen LogP contribution is -2.30. The maximum Gasteiger partial charge on any atom is 0.231 e. The lowest BCUT2D eigenvalue weighted by molar-refractivity contribution is -0.117. The molecule has 23 heavy (non-hydrogen) atoms. The Balaban J connectivity index is 1.96. The monoisotopic (exact) mass is 313 g/mol. The fourth-order valence-corrected chi connectivity index (χ4v) is 2.98. The molecule has 0 unspecified atom stereocenters. The number of amides is 1. The van der Waals surface area contributed by atoms with Gasteiger partial charge in [0.25, 0.3) is 0 Å². The summed E-state index contributed by atoms with van der Waals surface area (Å²) in [7, 11) is 1.62. The van der Waals surface area contributed by atoms with Crippen molar-refractivity contribution in [2.45, 2.75) is 19.8 Å². The Bertz CT molecular complexity index is 742. The number of ether oxygens (including phenoxy) is 1. The Morgan fingerprint density at radius 2 is 1.91 bits per heavy atom. The first-order valence-corrected chi connectivity index (χ1v) is 7.85. The number of rotatable bonds is 5. The quantitative estimate of drug-likeness (QED) is 0.844. The van der Waals surface area contributed by atoms with E-state index in [2.05, 4.69) is 0 Å². The molecule has 1 amide bonds. The number of hydrogen-bond acceptors (Lipinski definition) is 2. The third kappa shape index (κ3) is 2.99. The van der Waals surface area contributed by atoms with Gasteiger partial charge in [0.2, 0.25) is 5.91 Å². The number of benzene rings is 2. The van der Waals surface area contributed by atoms with Gasteiger partial charge >= 0.3 is 0 Å². The van der Waals surface area contributed by atoms with Gasteiger partial charge < -0.3 is 9.64 Å². The van der Waals surface area contributed by atoms with Crippen molar-refractivity contribution < 1.29 is 13.9 Å². The van der Waals surface area contributed by atoms with E-state index >= 15 is 0 Å². The summed E-state index contributed by atoms with van der Waals surface area (Å²) in [5.74, 6) is -0.0977. The van der Waals surface area contributed by atoms with Crippen LogP contribution in [-0.2, 0) is 22.4 Å². The van der Waals surface area contributed by atoms with Crippen molar-refractivity contribution in [1.29, 1.82) is 0 Å². The highest BCUT2D eigenvalue weighted by molar-refractivity contribution is 6.02. The minimum absolute atomic E-state index is 0.0849. The maximum atomic E-state index is 14.0. The highest BCUT2D eigenvalue weighted by Crippen LogP contribution is 2.33. The molecule has 0 saturated heterocycles. The normalized spacial score (nSPS) is 13.5. The zero-order valence-electron chi connectivity index (χ0n) is 13.4. The van der Waals surface area contributed by atoms with Crippen molar-refractivity contribution in [2.75, 3.05) is 25.2 Å². The van der Waals surface area contributed by atoms with Crippen LogP contribution in [0.1, 0.15) is 18.1 Å². The molecule has 1 heterocycles. The molecule has 0 bridgehead atoms. The molecule has 2 aromatic rings. The van der Waals surface area contributed by atoms with Crippen molar-refractivity contribution in [2.24, 2.45) is 0 Å². The van der Waals surface area contributed by atoms with E-state index in [0.717, 1.165) is 22.4 Å². The maximum absolute atomic E-state index is 14.0. The van der Waals surface area contributed by atoms with Crippen LogP contribution in [0.3, 0.4) is 0 Å². The van der Waals surface area contributed by atoms with E-state index in [1.807, 2.05) is 37.3 Å². The van der Waals surface area contributed by atoms with Crippen molar-refractivity contribution in [3.63, 3.8) is 0 Å². The highest BCUT2D eigenvalue weighted by Gasteiger charge is 2.27. The molecule has 1 aliphatic rings. The van der Waals surface area contributed by atoms with E-state index < -0.39 is 0 Å². The Morgan fingerprint density at radius 1 is 1.17 bits per heavy atom. The van der Waals surface area contributed by atoms with Crippen molar-refractivity contribution in [3.05, 3.63) is 53.3 Å². The van der Waals surface area contributed by atoms with Gasteiger partial charge in [0.15, 0.2) is 0 Å². The topological polar surface area (TPSA) is 29.5 Å². The van der Waals surface area contributed by atoms with Crippen LogP contribution in [0.25, 0.3) is 11.1 Å². The molecule has 0 fully saturated rings. The molecule has 3 rings (SSSR count). The van der Waals surface area contributed by atoms with E-state index in [-0.39, 0.29) is 11.7 Å². The summed E-state index contributed by atoms with van der Waals surface area (Å²) in [6.45, 7) is 2.97. The van der Waals surface area contributed by atoms with Crippen molar-refractivity contribution in [3.8, 4) is 11.1 Å². The van der Waals surface area contributed by atoms with Crippen LogP contribution >= 0.6 is 0 Å². The fourth-order valence-electron chi connectivity index (χ4n) is 2.98. The average Bonchev–Trinajstić information content (AvgIpc) is 2.87. The SMILES string of the molecule is CCc1ccc(-c2ccc3c(c2)N(CCOC)C(=O)C3)cc1F. The Kier molecular flexibility index (Phi) is 4.44. The summed E-state index contributed by atoms with van der Waals surface area (Å²) in [4.78, 5) is 13.9. The Morgan fingerprint density at radius 3 is 2.61 bits per heavy atom. The third-order valence-corrected chi connectivity index (χ3v) is 4.31. The number of halogens is 1. The van der Waals surface area contributed by atoms with E-state index in [0.29, 0.717) is 31.6 Å². The number of methoxy groups -OCH3 is 1. The molecule has 2 aromatic carbocycles. The van der Waals surface area contributed by atoms with Gasteiger partial charge in [0.1, 0.15) is 5.82 Å². The molecule has 0 radical (unpaired) electrons. The molecular formula is C19H20FNO2. The van der Waals surface area contributed by atoms with Gasteiger partial charge in [-0.1, -0.05) is 31.2 Å². The average molecular weight is 313 g/mol. The van der Waals surface area contributed by atoms with Crippen LogP contribution in [-0.4, -0.2) is 26.2 Å². The first-order valence-electron chi connectivity index (χ1n) is 7.85. The smallest absolute Gasteiger partial charge is 0.231 e. The van der Waals surface area contributed by atoms with Gasteiger partial charge in [-0.2, -0.15) is 0 Å². The minimum Gasteiger partial charge on any atom is -0.383 e. The van der Waals surface area contributed by atoms with Crippen LogP contribution in [0.4, 0.5) is 10.1 Å². The number of fused-ring (bicyclic) bond motifs is 1. The second-order valence-electron chi connectivity index (χ2n) is 5.72. The molecule has 0 atom stereocenters. The lowest BCUT2D eigenvalue weighted by atomic mass is 10.00. The molecule has 0 N–H and O–H groups in total. The lowest BCUT2D eigenvalue weighted by Gasteiger charge is -2.17. The van der Waals surface area contributed by atoms with Gasteiger partial charge in [0, 0.05) is 19.3 Å². The molecule has 1 aliphatic heterocycles. The van der Waals surface area contributed by atoms with Crippen LogP contribution < -0.4 is 4.90 Å². The molecule has 0 saturated carbocycles. The largest absolute Gasteiger partial charge is 0.383 e. The number of hydrogen-bond donors (Lipinski definition) is 0. The van der Waals surface area contributed by atoms with Crippen LogP contribution in [0.5, 0.6) is 0 Å². The number of aryl methyl sites for hydroxylation is 1. The Hall–Kier alpha value is -2.20. The highest BCUT2D eigenvalue weighted by atomic mass is 19.1. The summed E-state index contributed by atoms with van der Waals surface area (Å²) in [5.41, 5.74) is 4.38. The van der Waals surface area contributed by atoms with Gasteiger partial charge in [-0.25, -0.2) is 4.39 Å². The fraction of sp³-hybridized carbons (Fsp3) is 0.316. The van der Waals surface area contributed by atoms with Crippen molar-refractivity contribution >= 4 is 11.6 Å². The number of carbonyl (C=O) groups is 1. The third-order valence-electron chi connectivity index (χ3n) is 4.31. The summed E-state index contributed by atoms with van der Waals surface area (Å²) >= 11 is 0. The molecule has 4 heteroatoms. The zero-order chi connectivity index (χ0) is 16.4. The van der Waals surface area contributed by atoms with Crippen molar-refractivity contribution in [1.82, 2.24) is 0 Å². The predicted molar refractivity (Wildman–Crippen MR) is 89.1 cm³/mol. The number of carbonyl (C=O) groups excluding carboxylic acids is 1. The molecule has 120 valence electrons. The van der Waals surface area contributed by atoms with Gasteiger partial charge in [-0.15, -0.1) is 0 Å². The van der Waals surface area contributed by atoms with Crippen LogP contribution in [0.15, 0.2) is 36.4 Å². The molecule has 0 aromatic heterocycles. The van der Waals surface area contributed by atoms with Gasteiger partial charge in [-0.3, -0.25) is 4.79 Å². The van der Waals surface area contributed by atoms with Gasteiger partial charge in [-0.05, 0) is 40.8 Å². The first-order chi connectivity index (χ1) is 11.1. The van der Waals surface area contributed by atoms with E-state index in [1.54, 1.807) is 18.1 Å². The van der Waals surface area contributed by atoms with E-state index in [4.69, 9.17) is 4.74 Å². The number of anilines is 1. The molecule has 0 spiro atoms. The van der Waals surface area contributed by atoms with Crippen LogP contribution in [0.2, 0.25) is 0 Å². The van der Waals surface area contributed by atoms with Gasteiger partial charge in [0.05, 0.1) is 13.0 Å². The summed E-state index contributed by atoms with van der Waals surface area (Å²) in [5, 5.41) is 0. The second kappa shape index (κ2) is 6.50. The minimum atomic E-state index is -0.183. The zero-order valence-corrected chi connectivity index (χ0v) is 13.4. The van der Waals surface area contributed by atoms with Crippen LogP contribution in [0, 0.1) is 5.82 Å². The molecule has 0 aliphatic carbocycles. The van der Waals surface area contributed by atoms with E-state index in [1.165, 1.54) is 0 Å². The second-order valence-corrected chi connectivity index (χ2v) is 5.72. The predicted octanol–water partition coefficient (Wildman–Crippen LogP) is 3.59. The summed E-state index contributed by atoms with van der Waals surface area (Å²) in [6, 6.07) is 11.2. The summed E-state index contributed by atoms with van der Waals surface area (Å²) < 4.78 is 19.1. The molecular weight excluding hydrogens is 293 g/mol.